The Balaban J connectivity index is 1.45. The number of hydrogen-bond acceptors (Lipinski definition) is 7. The lowest BCUT2D eigenvalue weighted by atomic mass is 10.1. The van der Waals surface area contributed by atoms with E-state index >= 15 is 0 Å². The molecule has 146 valence electrons. The predicted molar refractivity (Wildman–Crippen MR) is 107 cm³/mol. The van der Waals surface area contributed by atoms with E-state index in [1.807, 2.05) is 31.5 Å². The van der Waals surface area contributed by atoms with Gasteiger partial charge in [-0.25, -0.2) is 19.9 Å². The fourth-order valence-electron chi connectivity index (χ4n) is 3.61. The number of nitrogens with zero attached hydrogens (tertiary/aromatic N) is 6. The van der Waals surface area contributed by atoms with Gasteiger partial charge in [-0.05, 0) is 39.8 Å². The van der Waals surface area contributed by atoms with Crippen molar-refractivity contribution in [2.45, 2.75) is 20.3 Å². The van der Waals surface area contributed by atoms with Crippen LogP contribution in [0.2, 0.25) is 0 Å². The molecule has 1 saturated heterocycles. The average molecular weight is 380 g/mol. The molecule has 0 bridgehead atoms. The lowest BCUT2D eigenvalue weighted by Gasteiger charge is -2.17. The van der Waals surface area contributed by atoms with Crippen LogP contribution < -0.4 is 15.5 Å². The van der Waals surface area contributed by atoms with E-state index in [1.165, 1.54) is 6.20 Å². The second-order valence-electron chi connectivity index (χ2n) is 7.20. The maximum absolute atomic E-state index is 12.5. The summed E-state index contributed by atoms with van der Waals surface area (Å²) in [6.45, 7) is 6.69. The van der Waals surface area contributed by atoms with E-state index in [9.17, 15) is 4.79 Å². The summed E-state index contributed by atoms with van der Waals surface area (Å²) in [5.41, 5.74) is 2.68. The normalized spacial score (nSPS) is 16.7. The second-order valence-corrected chi connectivity index (χ2v) is 7.20. The molecule has 28 heavy (non-hydrogen) atoms. The van der Waals surface area contributed by atoms with E-state index < -0.39 is 0 Å². The Hall–Kier alpha value is -3.07. The van der Waals surface area contributed by atoms with E-state index in [-0.39, 0.29) is 11.6 Å². The fraction of sp³-hybridized carbons (Fsp3) is 0.421. The summed E-state index contributed by atoms with van der Waals surface area (Å²) >= 11 is 0. The van der Waals surface area contributed by atoms with Gasteiger partial charge in [-0.1, -0.05) is 0 Å². The van der Waals surface area contributed by atoms with Gasteiger partial charge in [-0.2, -0.15) is 0 Å². The molecule has 3 aromatic rings. The van der Waals surface area contributed by atoms with E-state index in [4.69, 9.17) is 0 Å². The highest BCUT2D eigenvalue weighted by atomic mass is 16.1. The molecule has 0 spiro atoms. The first-order chi connectivity index (χ1) is 13.5. The minimum Gasteiger partial charge on any atom is -0.355 e. The van der Waals surface area contributed by atoms with Gasteiger partial charge in [0.05, 0.1) is 30.0 Å². The maximum Gasteiger partial charge on any atom is 0.277 e. The van der Waals surface area contributed by atoms with Crippen LogP contribution in [0.5, 0.6) is 0 Å². The smallest absolute Gasteiger partial charge is 0.277 e. The summed E-state index contributed by atoms with van der Waals surface area (Å²) in [5.74, 6) is 1.54. The fourth-order valence-corrected chi connectivity index (χ4v) is 3.61. The largest absolute Gasteiger partial charge is 0.355 e. The molecule has 9 nitrogen and oxygen atoms in total. The van der Waals surface area contributed by atoms with Crippen LogP contribution in [0.25, 0.3) is 5.65 Å². The molecule has 1 aliphatic heterocycles. The Morgan fingerprint density at radius 3 is 2.82 bits per heavy atom. The third-order valence-corrected chi connectivity index (χ3v) is 4.94. The molecule has 0 radical (unpaired) electrons. The molecule has 1 atom stereocenters. The molecule has 4 rings (SSSR count). The highest BCUT2D eigenvalue weighted by Crippen LogP contribution is 2.21. The zero-order valence-electron chi connectivity index (χ0n) is 16.3. The van der Waals surface area contributed by atoms with Crippen molar-refractivity contribution < 1.29 is 4.79 Å². The molecule has 2 N–H and O–H groups in total. The van der Waals surface area contributed by atoms with Gasteiger partial charge < -0.3 is 19.9 Å². The number of imidazole rings is 1. The van der Waals surface area contributed by atoms with Gasteiger partial charge in [0.15, 0.2) is 5.65 Å². The van der Waals surface area contributed by atoms with Crippen LogP contribution in [0, 0.1) is 19.8 Å². The Morgan fingerprint density at radius 2 is 2.07 bits per heavy atom. The zero-order chi connectivity index (χ0) is 19.7. The monoisotopic (exact) mass is 380 g/mol. The van der Waals surface area contributed by atoms with Crippen LogP contribution in [-0.4, -0.2) is 56.9 Å². The second kappa shape index (κ2) is 7.51. The third-order valence-electron chi connectivity index (χ3n) is 4.94. The number of aryl methyl sites for hydroxylation is 2. The first kappa shape index (κ1) is 18.3. The average Bonchev–Trinajstić information content (AvgIpc) is 3.28. The van der Waals surface area contributed by atoms with Gasteiger partial charge >= 0.3 is 0 Å². The summed E-state index contributed by atoms with van der Waals surface area (Å²) in [7, 11) is 1.97. The third kappa shape index (κ3) is 3.65. The quantitative estimate of drug-likeness (QED) is 0.691. The summed E-state index contributed by atoms with van der Waals surface area (Å²) in [6, 6.07) is 0. The Bertz CT molecular complexity index is 997. The molecule has 4 heterocycles. The first-order valence-electron chi connectivity index (χ1n) is 9.39. The van der Waals surface area contributed by atoms with E-state index in [0.717, 1.165) is 48.9 Å². The molecule has 9 heteroatoms. The predicted octanol–water partition coefficient (Wildman–Crippen LogP) is 1.43. The maximum atomic E-state index is 12.5. The van der Waals surface area contributed by atoms with Crippen molar-refractivity contribution in [1.82, 2.24) is 29.7 Å². The van der Waals surface area contributed by atoms with E-state index in [2.05, 4.69) is 35.5 Å². The van der Waals surface area contributed by atoms with Crippen LogP contribution in [0.3, 0.4) is 0 Å². The van der Waals surface area contributed by atoms with Crippen LogP contribution in [0.15, 0.2) is 24.8 Å². The number of amides is 1. The van der Waals surface area contributed by atoms with Crippen molar-refractivity contribution in [3.63, 3.8) is 0 Å². The molecule has 3 aromatic heterocycles. The van der Waals surface area contributed by atoms with Gasteiger partial charge in [0.1, 0.15) is 17.3 Å². The molecule has 1 fully saturated rings. The van der Waals surface area contributed by atoms with Crippen molar-refractivity contribution in [3.05, 3.63) is 41.9 Å². The van der Waals surface area contributed by atoms with Crippen LogP contribution in [0.4, 0.5) is 11.6 Å². The molecule has 1 aliphatic rings. The van der Waals surface area contributed by atoms with Crippen LogP contribution >= 0.6 is 0 Å². The van der Waals surface area contributed by atoms with E-state index in [1.54, 1.807) is 12.4 Å². The number of rotatable bonds is 5. The Morgan fingerprint density at radius 1 is 1.21 bits per heavy atom. The van der Waals surface area contributed by atoms with Gasteiger partial charge in [0, 0.05) is 19.3 Å². The lowest BCUT2D eigenvalue weighted by Crippen LogP contribution is -2.25. The van der Waals surface area contributed by atoms with Crippen molar-refractivity contribution >= 4 is 23.2 Å². The molecular weight excluding hydrogens is 356 g/mol. The van der Waals surface area contributed by atoms with Crippen molar-refractivity contribution in [2.24, 2.45) is 5.92 Å². The van der Waals surface area contributed by atoms with Crippen molar-refractivity contribution in [3.8, 4) is 0 Å². The SMILES string of the molecule is CNC[C@@H]1CCN(c2cnc(C(=O)Nc3cn4cc(C)nc4c(C)n3)cn2)C1. The van der Waals surface area contributed by atoms with Gasteiger partial charge in [-0.15, -0.1) is 0 Å². The van der Waals surface area contributed by atoms with Crippen molar-refractivity contribution in [1.29, 1.82) is 0 Å². The topological polar surface area (TPSA) is 100 Å². The van der Waals surface area contributed by atoms with Gasteiger partial charge in [0.25, 0.3) is 5.91 Å². The number of nitrogens with one attached hydrogen (secondary N) is 2. The summed E-state index contributed by atoms with van der Waals surface area (Å²) in [5, 5.41) is 6.01. The lowest BCUT2D eigenvalue weighted by molar-refractivity contribution is 0.102. The van der Waals surface area contributed by atoms with Crippen molar-refractivity contribution in [2.75, 3.05) is 36.9 Å². The molecule has 1 amide bonds. The molecule has 0 saturated carbocycles. The molecule has 0 aliphatic carbocycles. The molecule has 0 unspecified atom stereocenters. The molecule has 0 aromatic carbocycles. The van der Waals surface area contributed by atoms with Gasteiger partial charge in [-0.3, -0.25) is 4.79 Å². The zero-order valence-corrected chi connectivity index (χ0v) is 16.3. The summed E-state index contributed by atoms with van der Waals surface area (Å²) < 4.78 is 1.86. The first-order valence-corrected chi connectivity index (χ1v) is 9.39. The van der Waals surface area contributed by atoms with E-state index in [0.29, 0.717) is 11.7 Å². The number of carbonyl (C=O) groups excluding carboxylic acids is 1. The summed E-state index contributed by atoms with van der Waals surface area (Å²) in [6.07, 6.45) is 7.95. The number of anilines is 2. The highest BCUT2D eigenvalue weighted by molar-refractivity contribution is 6.02. The van der Waals surface area contributed by atoms with Crippen LogP contribution in [0.1, 0.15) is 28.3 Å². The number of aromatic nitrogens is 5. The highest BCUT2D eigenvalue weighted by Gasteiger charge is 2.23. The standard InChI is InChI=1S/C19H24N8O/c1-12-9-27-11-16(24-13(2)18(27)23-12)25-19(28)15-7-22-17(8-21-15)26-5-4-14(10-26)6-20-3/h7-9,11,14,20H,4-6,10H2,1-3H3,(H,25,28)/t14-/m0/s1. The Kier molecular flexibility index (Phi) is 4.91. The minimum atomic E-state index is -0.336. The minimum absolute atomic E-state index is 0.260. The van der Waals surface area contributed by atoms with Crippen LogP contribution in [-0.2, 0) is 0 Å². The van der Waals surface area contributed by atoms with Gasteiger partial charge in [0.2, 0.25) is 0 Å². The number of carbonyl (C=O) groups is 1. The number of hydrogen-bond donors (Lipinski definition) is 2. The Labute approximate surface area is 163 Å². The number of fused-ring (bicyclic) bond motifs is 1. The summed E-state index contributed by atoms with van der Waals surface area (Å²) in [4.78, 5) is 32.3. The molecular formula is C19H24N8O.